The molecule has 0 heterocycles. The van der Waals surface area contributed by atoms with Crippen LogP contribution < -0.4 is 0 Å². The summed E-state index contributed by atoms with van der Waals surface area (Å²) in [7, 11) is 0. The second-order valence-corrected chi connectivity index (χ2v) is 9.37. The summed E-state index contributed by atoms with van der Waals surface area (Å²) in [5.41, 5.74) is -0.111. The van der Waals surface area contributed by atoms with Crippen molar-refractivity contribution in [1.82, 2.24) is 4.90 Å². The number of nitrogens with zero attached hydrogens (tertiary/aromatic N) is 1. The average molecular weight is 420 g/mol. The zero-order valence-electron chi connectivity index (χ0n) is 19.2. The molecular formula is C24H37NO5. The van der Waals surface area contributed by atoms with Gasteiger partial charge in [0.15, 0.2) is 0 Å². The highest BCUT2D eigenvalue weighted by atomic mass is 16.6. The zero-order chi connectivity index (χ0) is 22.8. The highest BCUT2D eigenvalue weighted by Crippen LogP contribution is 2.16. The summed E-state index contributed by atoms with van der Waals surface area (Å²) in [6.07, 6.45) is 3.38. The number of ether oxygens (including phenoxy) is 2. The Kier molecular flexibility index (Phi) is 10.1. The van der Waals surface area contributed by atoms with Crippen LogP contribution in [0.25, 0.3) is 0 Å². The molecule has 1 amide bonds. The molecule has 0 saturated heterocycles. The van der Waals surface area contributed by atoms with Gasteiger partial charge in [0, 0.05) is 13.1 Å². The number of aliphatic hydroxyl groups is 1. The Morgan fingerprint density at radius 3 is 2.30 bits per heavy atom. The largest absolute Gasteiger partial charge is 0.465 e. The fraction of sp³-hybridized carbons (Fsp3) is 0.583. The summed E-state index contributed by atoms with van der Waals surface area (Å²) in [4.78, 5) is 25.9. The van der Waals surface area contributed by atoms with E-state index in [2.05, 4.69) is 0 Å². The zero-order valence-corrected chi connectivity index (χ0v) is 19.2. The van der Waals surface area contributed by atoms with Crippen LogP contribution in [0.3, 0.4) is 0 Å². The quantitative estimate of drug-likeness (QED) is 0.356. The minimum Gasteiger partial charge on any atom is -0.465 e. The maximum absolute atomic E-state index is 12.6. The third-order valence-electron chi connectivity index (χ3n) is 4.04. The van der Waals surface area contributed by atoms with Crippen molar-refractivity contribution in [2.24, 2.45) is 5.41 Å². The fourth-order valence-corrected chi connectivity index (χ4v) is 2.45. The monoisotopic (exact) mass is 419 g/mol. The lowest BCUT2D eigenvalue weighted by Crippen LogP contribution is -2.36. The number of hydrogen-bond donors (Lipinski definition) is 1. The van der Waals surface area contributed by atoms with Gasteiger partial charge in [0.05, 0.1) is 18.1 Å². The number of carbonyl (C=O) groups is 2. The van der Waals surface area contributed by atoms with Crippen molar-refractivity contribution in [3.63, 3.8) is 0 Å². The first-order valence-corrected chi connectivity index (χ1v) is 10.4. The van der Waals surface area contributed by atoms with Crippen molar-refractivity contribution in [3.05, 3.63) is 48.0 Å². The molecule has 1 rings (SSSR count). The Hall–Kier alpha value is -2.34. The van der Waals surface area contributed by atoms with Crippen LogP contribution in [-0.2, 0) is 20.8 Å². The summed E-state index contributed by atoms with van der Waals surface area (Å²) in [5, 5.41) is 10.1. The van der Waals surface area contributed by atoms with E-state index in [-0.39, 0.29) is 12.6 Å². The van der Waals surface area contributed by atoms with E-state index >= 15 is 0 Å². The van der Waals surface area contributed by atoms with Gasteiger partial charge in [-0.05, 0) is 59.9 Å². The molecule has 0 saturated carbocycles. The van der Waals surface area contributed by atoms with Gasteiger partial charge in [-0.1, -0.05) is 42.5 Å². The summed E-state index contributed by atoms with van der Waals surface area (Å²) in [5.74, 6) is -0.249. The molecule has 0 aliphatic rings. The number of benzene rings is 1. The van der Waals surface area contributed by atoms with Crippen molar-refractivity contribution in [1.29, 1.82) is 0 Å². The van der Waals surface area contributed by atoms with Crippen molar-refractivity contribution in [2.75, 3.05) is 13.2 Å². The van der Waals surface area contributed by atoms with Crippen LogP contribution in [0, 0.1) is 5.41 Å². The smallest absolute Gasteiger partial charge is 0.410 e. The van der Waals surface area contributed by atoms with E-state index in [0.29, 0.717) is 25.9 Å². The molecule has 0 aliphatic heterocycles. The molecule has 30 heavy (non-hydrogen) atoms. The molecule has 0 unspecified atom stereocenters. The number of amides is 1. The molecule has 1 atom stereocenters. The standard InChI is InChI=1S/C24H37NO5/c1-23(2,3)21(27)29-17-11-15-20(26)14-10-16-25(22(28)30-24(4,5)6)18-19-12-8-7-9-13-19/h7-10,12-14,20,26H,11,15-18H2,1-6H3/b14-10+/t20-/m1/s1. The first-order valence-electron chi connectivity index (χ1n) is 10.4. The van der Waals surface area contributed by atoms with Crippen LogP contribution in [-0.4, -0.2) is 46.9 Å². The van der Waals surface area contributed by atoms with E-state index in [1.807, 2.05) is 51.1 Å². The molecule has 0 spiro atoms. The van der Waals surface area contributed by atoms with Crippen LogP contribution in [0.5, 0.6) is 0 Å². The molecule has 0 aromatic heterocycles. The lowest BCUT2D eigenvalue weighted by Gasteiger charge is -2.27. The second-order valence-electron chi connectivity index (χ2n) is 9.37. The van der Waals surface area contributed by atoms with Crippen LogP contribution >= 0.6 is 0 Å². The summed E-state index contributed by atoms with van der Waals surface area (Å²) in [6.45, 7) is 11.9. The second kappa shape index (κ2) is 11.7. The minimum absolute atomic E-state index is 0.249. The fourth-order valence-electron chi connectivity index (χ4n) is 2.45. The summed E-state index contributed by atoms with van der Waals surface area (Å²) in [6, 6.07) is 9.68. The Morgan fingerprint density at radius 1 is 1.10 bits per heavy atom. The van der Waals surface area contributed by atoms with E-state index in [0.717, 1.165) is 5.56 Å². The van der Waals surface area contributed by atoms with Gasteiger partial charge >= 0.3 is 12.1 Å². The Balaban J connectivity index is 2.55. The van der Waals surface area contributed by atoms with Crippen LogP contribution in [0.2, 0.25) is 0 Å². The lowest BCUT2D eigenvalue weighted by molar-refractivity contribution is -0.153. The van der Waals surface area contributed by atoms with Crippen LogP contribution in [0.1, 0.15) is 59.9 Å². The molecule has 1 aromatic rings. The predicted octanol–water partition coefficient (Wildman–Crippen LogP) is 4.71. The Labute approximate surface area is 180 Å². The maximum Gasteiger partial charge on any atom is 0.410 e. The topological polar surface area (TPSA) is 76.1 Å². The number of esters is 1. The molecule has 0 fully saturated rings. The SMILES string of the molecule is CC(C)(C)OC(=O)N(C/C=C/[C@@H](O)CCCOC(=O)C(C)(C)C)Cc1ccccc1. The van der Waals surface area contributed by atoms with Gasteiger partial charge in [-0.15, -0.1) is 0 Å². The third-order valence-corrected chi connectivity index (χ3v) is 4.04. The Bertz CT molecular complexity index is 686. The molecule has 0 radical (unpaired) electrons. The van der Waals surface area contributed by atoms with Crippen molar-refractivity contribution < 1.29 is 24.2 Å². The summed E-state index contributed by atoms with van der Waals surface area (Å²) >= 11 is 0. The predicted molar refractivity (Wildman–Crippen MR) is 118 cm³/mol. The maximum atomic E-state index is 12.6. The van der Waals surface area contributed by atoms with Gasteiger partial charge in [-0.25, -0.2) is 4.79 Å². The molecule has 1 aromatic carbocycles. The molecule has 6 nitrogen and oxygen atoms in total. The summed E-state index contributed by atoms with van der Waals surface area (Å²) < 4.78 is 10.7. The van der Waals surface area contributed by atoms with Gasteiger partial charge in [-0.2, -0.15) is 0 Å². The third kappa shape index (κ3) is 11.0. The van der Waals surface area contributed by atoms with Gasteiger partial charge in [0.2, 0.25) is 0 Å². The van der Waals surface area contributed by atoms with E-state index in [1.165, 1.54) is 0 Å². The van der Waals surface area contributed by atoms with Gasteiger partial charge in [-0.3, -0.25) is 4.79 Å². The Morgan fingerprint density at radius 2 is 1.73 bits per heavy atom. The average Bonchev–Trinajstić information content (AvgIpc) is 2.63. The molecule has 1 N–H and O–H groups in total. The van der Waals surface area contributed by atoms with Gasteiger partial charge in [0.25, 0.3) is 0 Å². The highest BCUT2D eigenvalue weighted by Gasteiger charge is 2.23. The number of carbonyl (C=O) groups excluding carboxylic acids is 2. The molecule has 0 aliphatic carbocycles. The first kappa shape index (κ1) is 25.7. The highest BCUT2D eigenvalue weighted by molar-refractivity contribution is 5.75. The van der Waals surface area contributed by atoms with E-state index in [9.17, 15) is 14.7 Å². The van der Waals surface area contributed by atoms with Crippen LogP contribution in [0.15, 0.2) is 42.5 Å². The molecule has 168 valence electrons. The number of aliphatic hydroxyl groups excluding tert-OH is 1. The van der Waals surface area contributed by atoms with E-state index in [4.69, 9.17) is 9.47 Å². The number of hydrogen-bond acceptors (Lipinski definition) is 5. The van der Waals surface area contributed by atoms with Gasteiger partial charge < -0.3 is 19.5 Å². The van der Waals surface area contributed by atoms with Crippen molar-refractivity contribution >= 4 is 12.1 Å². The minimum atomic E-state index is -0.671. The van der Waals surface area contributed by atoms with Gasteiger partial charge in [0.1, 0.15) is 5.60 Å². The molecular weight excluding hydrogens is 382 g/mol. The first-order chi connectivity index (χ1) is 13.9. The normalized spacial score (nSPS) is 13.2. The van der Waals surface area contributed by atoms with E-state index < -0.39 is 23.2 Å². The van der Waals surface area contributed by atoms with Crippen molar-refractivity contribution in [3.8, 4) is 0 Å². The molecule has 6 heteroatoms. The van der Waals surface area contributed by atoms with Crippen LogP contribution in [0.4, 0.5) is 4.79 Å². The lowest BCUT2D eigenvalue weighted by atomic mass is 9.97. The molecule has 0 bridgehead atoms. The van der Waals surface area contributed by atoms with E-state index in [1.54, 1.807) is 37.8 Å². The van der Waals surface area contributed by atoms with Crippen molar-refractivity contribution in [2.45, 2.75) is 72.6 Å². The number of rotatable bonds is 9.